The van der Waals surface area contributed by atoms with E-state index in [0.29, 0.717) is 25.8 Å². The minimum atomic E-state index is -0.0184. The number of hydrogen-bond donors (Lipinski definition) is 2. The topological polar surface area (TPSA) is 67.2 Å². The van der Waals surface area contributed by atoms with Gasteiger partial charge in [0.25, 0.3) is 0 Å². The van der Waals surface area contributed by atoms with Crippen LogP contribution < -0.4 is 5.32 Å². The first-order valence-corrected chi connectivity index (χ1v) is 8.19. The van der Waals surface area contributed by atoms with Gasteiger partial charge in [0.2, 0.25) is 5.91 Å². The Hall–Kier alpha value is -2.66. The fourth-order valence-corrected chi connectivity index (χ4v) is 2.73. The summed E-state index contributed by atoms with van der Waals surface area (Å²) in [4.78, 5) is 16.6. The van der Waals surface area contributed by atoms with E-state index < -0.39 is 0 Å². The molecule has 5 nitrogen and oxygen atoms in total. The summed E-state index contributed by atoms with van der Waals surface area (Å²) in [7, 11) is 0. The average molecular weight is 323 g/mol. The van der Waals surface area contributed by atoms with Crippen LogP contribution >= 0.6 is 0 Å². The molecule has 0 aliphatic heterocycles. The lowest BCUT2D eigenvalue weighted by atomic mass is 10.2. The second kappa shape index (κ2) is 7.75. The molecule has 0 bridgehead atoms. The molecule has 0 radical (unpaired) electrons. The average Bonchev–Trinajstić information content (AvgIpc) is 2.99. The van der Waals surface area contributed by atoms with Gasteiger partial charge in [0, 0.05) is 31.7 Å². The molecule has 3 rings (SSSR count). The smallest absolute Gasteiger partial charge is 0.220 e. The summed E-state index contributed by atoms with van der Waals surface area (Å²) in [6.45, 7) is 0.592. The van der Waals surface area contributed by atoms with Gasteiger partial charge in [-0.3, -0.25) is 9.36 Å². The number of amides is 1. The largest absolute Gasteiger partial charge is 0.396 e. The zero-order valence-electron chi connectivity index (χ0n) is 13.5. The lowest BCUT2D eigenvalue weighted by Gasteiger charge is -2.09. The number of imidazole rings is 1. The van der Waals surface area contributed by atoms with E-state index in [0.717, 1.165) is 22.5 Å². The molecular weight excluding hydrogens is 302 g/mol. The lowest BCUT2D eigenvalue weighted by molar-refractivity contribution is -0.121. The van der Waals surface area contributed by atoms with Gasteiger partial charge in [-0.25, -0.2) is 4.98 Å². The highest BCUT2D eigenvalue weighted by molar-refractivity contribution is 5.79. The Kier molecular flexibility index (Phi) is 5.23. The van der Waals surface area contributed by atoms with E-state index >= 15 is 0 Å². The summed E-state index contributed by atoms with van der Waals surface area (Å²) in [5.41, 5.74) is 3.01. The van der Waals surface area contributed by atoms with Crippen molar-refractivity contribution in [3.05, 3.63) is 60.4 Å². The van der Waals surface area contributed by atoms with Crippen molar-refractivity contribution in [3.63, 3.8) is 0 Å². The molecule has 0 aliphatic carbocycles. The van der Waals surface area contributed by atoms with Crippen LogP contribution in [0.3, 0.4) is 0 Å². The fraction of sp³-hybridized carbons (Fsp3) is 0.263. The maximum absolute atomic E-state index is 11.9. The van der Waals surface area contributed by atoms with Crippen LogP contribution in [0.25, 0.3) is 16.7 Å². The van der Waals surface area contributed by atoms with Crippen LogP contribution in [0.2, 0.25) is 0 Å². The number of nitrogens with one attached hydrogen (secondary N) is 1. The van der Waals surface area contributed by atoms with Crippen molar-refractivity contribution < 1.29 is 9.90 Å². The molecule has 24 heavy (non-hydrogen) atoms. The highest BCUT2D eigenvalue weighted by Gasteiger charge is 2.13. The van der Waals surface area contributed by atoms with E-state index in [-0.39, 0.29) is 12.5 Å². The minimum Gasteiger partial charge on any atom is -0.396 e. The van der Waals surface area contributed by atoms with Gasteiger partial charge in [-0.1, -0.05) is 30.3 Å². The standard InChI is InChI=1S/C19H21N3O2/c23-14-6-13-20-19(24)12-11-18-21-16-9-4-5-10-17(16)22(18)15-7-2-1-3-8-15/h1-5,7-10,23H,6,11-14H2,(H,20,24). The van der Waals surface area contributed by atoms with E-state index in [2.05, 4.69) is 9.88 Å². The third-order valence-corrected chi connectivity index (χ3v) is 3.88. The lowest BCUT2D eigenvalue weighted by Crippen LogP contribution is -2.25. The molecule has 3 aromatic rings. The highest BCUT2D eigenvalue weighted by Crippen LogP contribution is 2.22. The Labute approximate surface area is 141 Å². The Balaban J connectivity index is 1.84. The van der Waals surface area contributed by atoms with Crippen molar-refractivity contribution in [2.45, 2.75) is 19.3 Å². The SMILES string of the molecule is O=C(CCc1nc2ccccc2n1-c1ccccc1)NCCCO. The molecule has 0 aliphatic rings. The molecule has 5 heteroatoms. The maximum atomic E-state index is 11.9. The molecule has 1 amide bonds. The first-order chi connectivity index (χ1) is 11.8. The van der Waals surface area contributed by atoms with Crippen LogP contribution in [0.15, 0.2) is 54.6 Å². The van der Waals surface area contributed by atoms with Crippen LogP contribution in [0.4, 0.5) is 0 Å². The second-order valence-electron chi connectivity index (χ2n) is 5.61. The van der Waals surface area contributed by atoms with Crippen molar-refractivity contribution in [1.29, 1.82) is 0 Å². The van der Waals surface area contributed by atoms with Gasteiger partial charge in [0.15, 0.2) is 0 Å². The number of nitrogens with zero attached hydrogens (tertiary/aromatic N) is 2. The molecule has 0 saturated heterocycles. The normalized spacial score (nSPS) is 10.9. The van der Waals surface area contributed by atoms with E-state index in [1.807, 2.05) is 54.6 Å². The summed E-state index contributed by atoms with van der Waals surface area (Å²) >= 11 is 0. The number of aliphatic hydroxyl groups is 1. The van der Waals surface area contributed by atoms with Crippen molar-refractivity contribution in [2.75, 3.05) is 13.2 Å². The summed E-state index contributed by atoms with van der Waals surface area (Å²) in [6.07, 6.45) is 1.52. The Morgan fingerprint density at radius 3 is 2.62 bits per heavy atom. The Bertz CT molecular complexity index is 812. The molecule has 0 atom stereocenters. The van der Waals surface area contributed by atoms with Crippen LogP contribution in [0.5, 0.6) is 0 Å². The van der Waals surface area contributed by atoms with Gasteiger partial charge in [0.1, 0.15) is 5.82 Å². The molecule has 2 aromatic carbocycles. The zero-order chi connectivity index (χ0) is 16.8. The summed E-state index contributed by atoms with van der Waals surface area (Å²) in [6, 6.07) is 18.0. The molecule has 0 saturated carbocycles. The zero-order valence-corrected chi connectivity index (χ0v) is 13.5. The number of carbonyl (C=O) groups excluding carboxylic acids is 1. The molecule has 0 unspecified atom stereocenters. The molecule has 124 valence electrons. The first-order valence-electron chi connectivity index (χ1n) is 8.19. The van der Waals surface area contributed by atoms with Crippen molar-refractivity contribution in [2.24, 2.45) is 0 Å². The van der Waals surface area contributed by atoms with Crippen molar-refractivity contribution in [3.8, 4) is 5.69 Å². The maximum Gasteiger partial charge on any atom is 0.220 e. The minimum absolute atomic E-state index is 0.0184. The predicted octanol–water partition coefficient (Wildman–Crippen LogP) is 2.46. The first kappa shape index (κ1) is 16.2. The number of para-hydroxylation sites is 3. The second-order valence-corrected chi connectivity index (χ2v) is 5.61. The van der Waals surface area contributed by atoms with Gasteiger partial charge >= 0.3 is 0 Å². The van der Waals surface area contributed by atoms with Crippen molar-refractivity contribution in [1.82, 2.24) is 14.9 Å². The van der Waals surface area contributed by atoms with Gasteiger partial charge < -0.3 is 10.4 Å². The predicted molar refractivity (Wildman–Crippen MR) is 94.1 cm³/mol. The van der Waals surface area contributed by atoms with Gasteiger partial charge in [0.05, 0.1) is 11.0 Å². The number of carbonyl (C=O) groups is 1. The van der Waals surface area contributed by atoms with Crippen LogP contribution in [0, 0.1) is 0 Å². The molecule has 1 heterocycles. The number of aromatic nitrogens is 2. The molecule has 0 spiro atoms. The molecule has 2 N–H and O–H groups in total. The number of rotatable bonds is 7. The summed E-state index contributed by atoms with van der Waals surface area (Å²) in [5, 5.41) is 11.6. The number of fused-ring (bicyclic) bond motifs is 1. The number of hydrogen-bond acceptors (Lipinski definition) is 3. The van der Waals surface area contributed by atoms with Crippen LogP contribution in [-0.2, 0) is 11.2 Å². The Morgan fingerprint density at radius 2 is 1.83 bits per heavy atom. The molecule has 1 aromatic heterocycles. The molecule has 0 fully saturated rings. The van der Waals surface area contributed by atoms with Crippen LogP contribution in [-0.4, -0.2) is 33.7 Å². The monoisotopic (exact) mass is 323 g/mol. The number of benzene rings is 2. The third kappa shape index (κ3) is 3.63. The van der Waals surface area contributed by atoms with E-state index in [1.165, 1.54) is 0 Å². The van der Waals surface area contributed by atoms with Gasteiger partial charge in [-0.15, -0.1) is 0 Å². The third-order valence-electron chi connectivity index (χ3n) is 3.88. The number of aryl methyl sites for hydroxylation is 1. The van der Waals surface area contributed by atoms with Gasteiger partial charge in [-0.2, -0.15) is 0 Å². The van der Waals surface area contributed by atoms with E-state index in [9.17, 15) is 4.79 Å². The van der Waals surface area contributed by atoms with E-state index in [1.54, 1.807) is 0 Å². The van der Waals surface area contributed by atoms with E-state index in [4.69, 9.17) is 10.1 Å². The van der Waals surface area contributed by atoms with Crippen LogP contribution in [0.1, 0.15) is 18.7 Å². The highest BCUT2D eigenvalue weighted by atomic mass is 16.3. The fourth-order valence-electron chi connectivity index (χ4n) is 2.73. The number of aliphatic hydroxyl groups excluding tert-OH is 1. The quantitative estimate of drug-likeness (QED) is 0.656. The van der Waals surface area contributed by atoms with Crippen molar-refractivity contribution >= 4 is 16.9 Å². The summed E-state index contributed by atoms with van der Waals surface area (Å²) in [5.74, 6) is 0.856. The Morgan fingerprint density at radius 1 is 1.08 bits per heavy atom. The van der Waals surface area contributed by atoms with Gasteiger partial charge in [-0.05, 0) is 30.7 Å². The molecular formula is C19H21N3O2. The summed E-state index contributed by atoms with van der Waals surface area (Å²) < 4.78 is 2.11.